The maximum absolute atomic E-state index is 11.6. The van der Waals surface area contributed by atoms with E-state index in [-0.39, 0.29) is 22.4 Å². The molecule has 2 aromatic rings. The van der Waals surface area contributed by atoms with E-state index >= 15 is 0 Å². The van der Waals surface area contributed by atoms with Crippen LogP contribution in [0.3, 0.4) is 0 Å². The van der Waals surface area contributed by atoms with Gasteiger partial charge in [-0.3, -0.25) is 0 Å². The summed E-state index contributed by atoms with van der Waals surface area (Å²) in [5, 5.41) is 15.8. The summed E-state index contributed by atoms with van der Waals surface area (Å²) < 4.78 is 24.5. The van der Waals surface area contributed by atoms with Crippen molar-refractivity contribution in [2.24, 2.45) is 0 Å². The average molecular weight is 278 g/mol. The van der Waals surface area contributed by atoms with E-state index in [1.54, 1.807) is 0 Å². The van der Waals surface area contributed by atoms with Crippen LogP contribution in [0.5, 0.6) is 0 Å². The molecular formula is C10H10N6O2S. The number of nitrogens with zero attached hydrogens (tertiary/aromatic N) is 5. The summed E-state index contributed by atoms with van der Waals surface area (Å²) in [6.45, 7) is 0. The second-order valence-electron chi connectivity index (χ2n) is 4.43. The Balaban J connectivity index is 2.26. The molecule has 0 aliphatic heterocycles. The van der Waals surface area contributed by atoms with E-state index in [2.05, 4.69) is 20.4 Å². The van der Waals surface area contributed by atoms with Crippen LogP contribution in [-0.2, 0) is 9.84 Å². The van der Waals surface area contributed by atoms with Crippen LogP contribution in [0.25, 0.3) is 5.65 Å². The van der Waals surface area contributed by atoms with Crippen LogP contribution in [0, 0.1) is 11.3 Å². The van der Waals surface area contributed by atoms with Gasteiger partial charge in [-0.25, -0.2) is 8.42 Å². The van der Waals surface area contributed by atoms with Gasteiger partial charge in [0.05, 0.1) is 6.20 Å². The minimum absolute atomic E-state index is 0.195. The molecule has 3 rings (SSSR count). The Morgan fingerprint density at radius 1 is 1.47 bits per heavy atom. The summed E-state index contributed by atoms with van der Waals surface area (Å²) in [4.78, 5) is 7.89. The lowest BCUT2D eigenvalue weighted by Crippen LogP contribution is -2.14. The molecule has 1 aliphatic rings. The largest absolute Gasteiger partial charge is 0.351 e. The number of hydrogen-bond acceptors (Lipinski definition) is 7. The molecule has 1 saturated carbocycles. The molecule has 0 spiro atoms. The minimum atomic E-state index is -3.55. The normalized spacial score (nSPS) is 15.4. The Hall–Kier alpha value is -2.21. The lowest BCUT2D eigenvalue weighted by atomic mass is 10.4. The highest BCUT2D eigenvalue weighted by Gasteiger charge is 2.25. The smallest absolute Gasteiger partial charge is 0.252 e. The lowest BCUT2D eigenvalue weighted by molar-refractivity contribution is 0.592. The van der Waals surface area contributed by atoms with Gasteiger partial charge in [-0.15, -0.1) is 0 Å². The number of sulfone groups is 1. The average Bonchev–Trinajstić information content (AvgIpc) is 3.05. The Kier molecular flexibility index (Phi) is 2.43. The molecule has 0 atom stereocenters. The molecule has 1 aliphatic carbocycles. The van der Waals surface area contributed by atoms with Crippen LogP contribution >= 0.6 is 0 Å². The summed E-state index contributed by atoms with van der Waals surface area (Å²) in [7, 11) is -3.55. The van der Waals surface area contributed by atoms with Crippen LogP contribution < -0.4 is 5.32 Å². The quantitative estimate of drug-likeness (QED) is 0.838. The van der Waals surface area contributed by atoms with Crippen molar-refractivity contribution in [1.29, 1.82) is 5.26 Å². The van der Waals surface area contributed by atoms with Crippen LogP contribution in [0.15, 0.2) is 11.4 Å². The standard InChI is InChI=1S/C10H10N6O2S/c1-19(17,18)10-14-8-6(4-11)5-12-16(8)9(15-10)13-7-2-3-7/h5,7H,2-3H2,1H3,(H,13,14,15). The first-order valence-corrected chi connectivity index (χ1v) is 7.50. The number of anilines is 1. The van der Waals surface area contributed by atoms with E-state index in [9.17, 15) is 8.42 Å². The molecule has 0 aromatic carbocycles. The zero-order chi connectivity index (χ0) is 13.6. The van der Waals surface area contributed by atoms with E-state index in [1.165, 1.54) is 10.7 Å². The van der Waals surface area contributed by atoms with Crippen molar-refractivity contribution in [2.75, 3.05) is 11.6 Å². The van der Waals surface area contributed by atoms with Crippen LogP contribution in [-0.4, -0.2) is 40.3 Å². The summed E-state index contributed by atoms with van der Waals surface area (Å²) in [6.07, 6.45) is 4.38. The number of hydrogen-bond donors (Lipinski definition) is 1. The van der Waals surface area contributed by atoms with E-state index in [4.69, 9.17) is 5.26 Å². The molecule has 19 heavy (non-hydrogen) atoms. The second-order valence-corrected chi connectivity index (χ2v) is 6.34. The third-order valence-corrected chi connectivity index (χ3v) is 3.56. The Bertz CT molecular complexity index is 799. The fourth-order valence-electron chi connectivity index (χ4n) is 1.61. The van der Waals surface area contributed by atoms with Crippen LogP contribution in [0.2, 0.25) is 0 Å². The van der Waals surface area contributed by atoms with Gasteiger partial charge in [-0.2, -0.15) is 24.8 Å². The Morgan fingerprint density at radius 2 is 2.21 bits per heavy atom. The highest BCUT2D eigenvalue weighted by atomic mass is 32.2. The molecule has 2 aromatic heterocycles. The zero-order valence-corrected chi connectivity index (χ0v) is 10.8. The molecule has 0 amide bonds. The first-order chi connectivity index (χ1) is 8.99. The molecule has 98 valence electrons. The molecular weight excluding hydrogens is 268 g/mol. The number of aromatic nitrogens is 4. The van der Waals surface area contributed by atoms with Gasteiger partial charge in [0.1, 0.15) is 11.6 Å². The van der Waals surface area contributed by atoms with Gasteiger partial charge in [0.15, 0.2) is 5.65 Å². The van der Waals surface area contributed by atoms with Gasteiger partial charge in [0.25, 0.3) is 5.16 Å². The van der Waals surface area contributed by atoms with E-state index in [0.29, 0.717) is 5.95 Å². The van der Waals surface area contributed by atoms with Crippen LogP contribution in [0.4, 0.5) is 5.95 Å². The maximum atomic E-state index is 11.6. The van der Waals surface area contributed by atoms with Crippen LogP contribution in [0.1, 0.15) is 18.4 Å². The molecule has 8 nitrogen and oxygen atoms in total. The molecule has 1 N–H and O–H groups in total. The van der Waals surface area contributed by atoms with Gasteiger partial charge >= 0.3 is 0 Å². The summed E-state index contributed by atoms with van der Waals surface area (Å²) in [6, 6.07) is 2.21. The number of nitrogens with one attached hydrogen (secondary N) is 1. The predicted octanol–water partition coefficient (Wildman–Crippen LogP) is -0.0262. The topological polar surface area (TPSA) is 113 Å². The second kappa shape index (κ2) is 3.89. The third kappa shape index (κ3) is 2.10. The molecule has 0 saturated heterocycles. The zero-order valence-electron chi connectivity index (χ0n) is 10.0. The first-order valence-electron chi connectivity index (χ1n) is 5.61. The van der Waals surface area contributed by atoms with Gasteiger partial charge in [0.2, 0.25) is 15.8 Å². The number of rotatable bonds is 3. The lowest BCUT2D eigenvalue weighted by Gasteiger charge is -2.07. The fourth-order valence-corrected chi connectivity index (χ4v) is 2.11. The van der Waals surface area contributed by atoms with Crippen molar-refractivity contribution in [1.82, 2.24) is 19.6 Å². The SMILES string of the molecule is CS(=O)(=O)c1nc(NC2CC2)n2ncc(C#N)c2n1. The van der Waals surface area contributed by atoms with Gasteiger partial charge in [0, 0.05) is 12.3 Å². The van der Waals surface area contributed by atoms with Crippen molar-refractivity contribution in [3.05, 3.63) is 11.8 Å². The summed E-state index contributed by atoms with van der Waals surface area (Å²) >= 11 is 0. The van der Waals surface area contributed by atoms with Gasteiger partial charge in [-0.05, 0) is 12.8 Å². The van der Waals surface area contributed by atoms with Crippen molar-refractivity contribution >= 4 is 21.4 Å². The highest BCUT2D eigenvalue weighted by molar-refractivity contribution is 7.90. The fraction of sp³-hybridized carbons (Fsp3) is 0.400. The van der Waals surface area contributed by atoms with E-state index in [0.717, 1.165) is 19.1 Å². The number of nitriles is 1. The van der Waals surface area contributed by atoms with Crippen molar-refractivity contribution in [3.63, 3.8) is 0 Å². The maximum Gasteiger partial charge on any atom is 0.252 e. The molecule has 2 heterocycles. The van der Waals surface area contributed by atoms with E-state index in [1.807, 2.05) is 6.07 Å². The van der Waals surface area contributed by atoms with Crippen molar-refractivity contribution in [2.45, 2.75) is 24.0 Å². The summed E-state index contributed by atoms with van der Waals surface area (Å²) in [5.41, 5.74) is 0.409. The minimum Gasteiger partial charge on any atom is -0.351 e. The highest BCUT2D eigenvalue weighted by Crippen LogP contribution is 2.24. The van der Waals surface area contributed by atoms with Gasteiger partial charge in [-0.1, -0.05) is 0 Å². The molecule has 0 radical (unpaired) electrons. The Labute approximate surface area is 109 Å². The number of fused-ring (bicyclic) bond motifs is 1. The first kappa shape index (κ1) is 11.9. The van der Waals surface area contributed by atoms with Crippen molar-refractivity contribution < 1.29 is 8.42 Å². The monoisotopic (exact) mass is 278 g/mol. The third-order valence-electron chi connectivity index (χ3n) is 2.71. The molecule has 0 bridgehead atoms. The van der Waals surface area contributed by atoms with Gasteiger partial charge < -0.3 is 5.32 Å². The molecule has 9 heteroatoms. The Morgan fingerprint density at radius 3 is 2.79 bits per heavy atom. The predicted molar refractivity (Wildman–Crippen MR) is 65.3 cm³/mol. The van der Waals surface area contributed by atoms with E-state index < -0.39 is 9.84 Å². The molecule has 0 unspecified atom stereocenters. The molecule has 1 fully saturated rings. The summed E-state index contributed by atoms with van der Waals surface area (Å²) in [5.74, 6) is 0.300. The van der Waals surface area contributed by atoms with Crippen molar-refractivity contribution in [3.8, 4) is 6.07 Å².